The molecule has 0 aliphatic carbocycles. The molecule has 5 aliphatic rings. The maximum atomic E-state index is 12.9. The van der Waals surface area contributed by atoms with E-state index >= 15 is 0 Å². The van der Waals surface area contributed by atoms with E-state index in [1.54, 1.807) is 18.2 Å². The minimum atomic E-state index is -1.95. The molecular weight excluding hydrogens is 937 g/mol. The summed E-state index contributed by atoms with van der Waals surface area (Å²) in [5.74, 6) is -0.0667. The lowest BCUT2D eigenvalue weighted by atomic mass is 9.95. The van der Waals surface area contributed by atoms with Crippen molar-refractivity contribution in [1.29, 1.82) is 0 Å². The van der Waals surface area contributed by atoms with E-state index in [2.05, 4.69) is 31.9 Å². The van der Waals surface area contributed by atoms with E-state index in [4.69, 9.17) is 28.4 Å². The molecular formula is C43H68N6O19S. The third-order valence-corrected chi connectivity index (χ3v) is 14.1. The van der Waals surface area contributed by atoms with Gasteiger partial charge < -0.3 is 106 Å². The molecule has 5 fully saturated rings. The lowest BCUT2D eigenvalue weighted by Gasteiger charge is -2.48. The fourth-order valence-corrected chi connectivity index (χ4v) is 10.4. The van der Waals surface area contributed by atoms with Gasteiger partial charge in [-0.05, 0) is 43.5 Å². The van der Waals surface area contributed by atoms with Crippen molar-refractivity contribution in [2.75, 3.05) is 51.8 Å². The summed E-state index contributed by atoms with van der Waals surface area (Å²) in [6, 6.07) is 5.96. The van der Waals surface area contributed by atoms with Crippen LogP contribution in [0.15, 0.2) is 24.3 Å². The van der Waals surface area contributed by atoms with Crippen LogP contribution in [0.1, 0.15) is 54.9 Å². The largest absolute Gasteiger partial charge is 0.394 e. The summed E-state index contributed by atoms with van der Waals surface area (Å²) in [6.07, 6.45) is -20.0. The standard InChI is InChI=1S/C43H68N6O19S/c1-20(53)47-30-33(57)37(67-42-36(60)38(32(56)25(17-51)65-42)68-41-35(59)34(58)31(55)24(16-50)64-41)26(18-52)66-40(30)63-13-5-10-44-15-21-6-4-7-22(14-21)39(61)46-12-11-45-28(54)9-3-2-8-27-29-23(19-69-27)48-43(62)49-29/h4,6-7,14,23-27,29-38,40-42,44,50-52,55-60H,2-3,5,8-13,15-19H2,1H3,(H,45,54)(H,46,61)(H,47,53)(H2,48,49,62)/t23-,24?,25?,26?,27-,29-,30?,31?,32?,33?,34?,35?,36?,37?,38?,40?,41?,42?/m0/s1. The van der Waals surface area contributed by atoms with Crippen molar-refractivity contribution < 1.29 is 93.6 Å². The van der Waals surface area contributed by atoms with Crippen molar-refractivity contribution in [3.05, 3.63) is 35.4 Å². The van der Waals surface area contributed by atoms with Crippen molar-refractivity contribution in [3.63, 3.8) is 0 Å². The van der Waals surface area contributed by atoms with E-state index in [1.807, 2.05) is 17.8 Å². The van der Waals surface area contributed by atoms with Crippen molar-refractivity contribution in [1.82, 2.24) is 31.9 Å². The molecule has 1 aromatic rings. The summed E-state index contributed by atoms with van der Waals surface area (Å²) in [5, 5.41) is 112. The van der Waals surface area contributed by atoms with Gasteiger partial charge in [-0.1, -0.05) is 18.6 Å². The molecule has 0 radical (unpaired) electrons. The number of ether oxygens (including phenoxy) is 6. The number of thioether (sulfide) groups is 1. The maximum absolute atomic E-state index is 12.9. The average molecular weight is 1010 g/mol. The highest BCUT2D eigenvalue weighted by atomic mass is 32.2. The number of nitrogens with one attached hydrogen (secondary N) is 6. The van der Waals surface area contributed by atoms with Gasteiger partial charge in [0, 0.05) is 49.5 Å². The van der Waals surface area contributed by atoms with Crippen LogP contribution in [0.3, 0.4) is 0 Å². The van der Waals surface area contributed by atoms with Gasteiger partial charge in [-0.2, -0.15) is 11.8 Å². The Labute approximate surface area is 402 Å². The molecule has 5 amide bonds. The first-order valence-corrected chi connectivity index (χ1v) is 24.3. The molecule has 0 spiro atoms. The van der Waals surface area contributed by atoms with Gasteiger partial charge in [0.1, 0.15) is 73.2 Å². The Morgan fingerprint density at radius 3 is 2.16 bits per heavy atom. The van der Waals surface area contributed by atoms with E-state index in [0.29, 0.717) is 36.7 Å². The maximum Gasteiger partial charge on any atom is 0.315 e. The second-order valence-corrected chi connectivity index (χ2v) is 18.9. The molecule has 15 unspecified atom stereocenters. The normalized spacial score (nSPS) is 36.5. The third-order valence-electron chi connectivity index (χ3n) is 12.6. The molecule has 0 bridgehead atoms. The van der Waals surface area contributed by atoms with Gasteiger partial charge in [0.2, 0.25) is 11.8 Å². The molecule has 5 aliphatic heterocycles. The smallest absolute Gasteiger partial charge is 0.315 e. The zero-order chi connectivity index (χ0) is 49.8. The van der Waals surface area contributed by atoms with E-state index in [1.165, 1.54) is 6.92 Å². The van der Waals surface area contributed by atoms with Crippen LogP contribution < -0.4 is 31.9 Å². The van der Waals surface area contributed by atoms with E-state index < -0.39 is 118 Å². The lowest BCUT2D eigenvalue weighted by Crippen LogP contribution is -2.68. The molecule has 1 aromatic carbocycles. The molecule has 18 atom stereocenters. The number of aliphatic hydroxyl groups is 9. The Morgan fingerprint density at radius 2 is 1.43 bits per heavy atom. The summed E-state index contributed by atoms with van der Waals surface area (Å²) < 4.78 is 34.3. The number of aliphatic hydroxyl groups excluding tert-OH is 9. The van der Waals surface area contributed by atoms with Crippen LogP contribution in [0.5, 0.6) is 0 Å². The third kappa shape index (κ3) is 14.4. The van der Waals surface area contributed by atoms with E-state index in [9.17, 15) is 65.1 Å². The summed E-state index contributed by atoms with van der Waals surface area (Å²) in [7, 11) is 0. The summed E-state index contributed by atoms with van der Waals surface area (Å²) in [6.45, 7) is 0.233. The molecule has 6 rings (SSSR count). The molecule has 25 nitrogen and oxygen atoms in total. The fraction of sp³-hybridized carbons (Fsp3) is 0.767. The SMILES string of the molecule is CC(=O)NC1C(OCCCNCc2cccc(C(=O)NCCNC(=O)CCCC[C@@H]3SC[C@@H]4NC(=O)N[C@@H]43)c2)OC(CO)C(OC2OC(CO)C(O)C(OC3OC(CO)C(O)C(O)C3O)C2O)C1O. The number of amides is 5. The Hall–Kier alpha value is -3.39. The number of benzene rings is 1. The van der Waals surface area contributed by atoms with Crippen LogP contribution in [0.2, 0.25) is 0 Å². The van der Waals surface area contributed by atoms with Crippen molar-refractivity contribution in [3.8, 4) is 0 Å². The molecule has 26 heteroatoms. The van der Waals surface area contributed by atoms with Gasteiger partial charge in [0.25, 0.3) is 5.91 Å². The molecule has 5 saturated heterocycles. The summed E-state index contributed by atoms with van der Waals surface area (Å²) in [5.41, 5.74) is 1.27. The number of carbonyl (C=O) groups is 4. The molecule has 390 valence electrons. The summed E-state index contributed by atoms with van der Waals surface area (Å²) >= 11 is 1.84. The highest BCUT2D eigenvalue weighted by Gasteiger charge is 2.54. The average Bonchev–Trinajstić information content (AvgIpc) is 3.90. The highest BCUT2D eigenvalue weighted by Crippen LogP contribution is 2.34. The zero-order valence-corrected chi connectivity index (χ0v) is 38.9. The number of urea groups is 1. The lowest BCUT2D eigenvalue weighted by molar-refractivity contribution is -0.376. The number of hydrogen-bond donors (Lipinski definition) is 15. The van der Waals surface area contributed by atoms with Crippen LogP contribution in [-0.4, -0.2) is 231 Å². The first-order valence-electron chi connectivity index (χ1n) is 23.2. The van der Waals surface area contributed by atoms with Gasteiger partial charge in [0.15, 0.2) is 18.9 Å². The van der Waals surface area contributed by atoms with Gasteiger partial charge in [-0.3, -0.25) is 14.4 Å². The van der Waals surface area contributed by atoms with Crippen LogP contribution in [0.25, 0.3) is 0 Å². The minimum absolute atomic E-state index is 0.0554. The van der Waals surface area contributed by atoms with Gasteiger partial charge in [-0.15, -0.1) is 0 Å². The van der Waals surface area contributed by atoms with Crippen LogP contribution in [0, 0.1) is 0 Å². The number of fused-ring (bicyclic) bond motifs is 1. The number of rotatable bonds is 24. The Morgan fingerprint density at radius 1 is 0.754 bits per heavy atom. The zero-order valence-electron chi connectivity index (χ0n) is 38.1. The topological polar surface area (TPSA) is 378 Å². The Kier molecular flexibility index (Phi) is 21.0. The van der Waals surface area contributed by atoms with Crippen LogP contribution in [0.4, 0.5) is 4.79 Å². The number of unbranched alkanes of at least 4 members (excludes halogenated alkanes) is 1. The first kappa shape index (κ1) is 54.9. The quantitative estimate of drug-likeness (QED) is 0.0339. The molecule has 69 heavy (non-hydrogen) atoms. The molecule has 5 heterocycles. The predicted octanol–water partition coefficient (Wildman–Crippen LogP) is -5.65. The fourth-order valence-electron chi connectivity index (χ4n) is 8.88. The molecule has 15 N–H and O–H groups in total. The number of hydrogen-bond acceptors (Lipinski definition) is 21. The second kappa shape index (κ2) is 26.3. The van der Waals surface area contributed by atoms with E-state index in [0.717, 1.165) is 30.6 Å². The van der Waals surface area contributed by atoms with Gasteiger partial charge in [-0.25, -0.2) is 4.79 Å². The monoisotopic (exact) mass is 1000 g/mol. The van der Waals surface area contributed by atoms with Crippen molar-refractivity contribution >= 4 is 35.5 Å². The molecule has 0 aromatic heterocycles. The predicted molar refractivity (Wildman–Crippen MR) is 239 cm³/mol. The van der Waals surface area contributed by atoms with Gasteiger partial charge in [0.05, 0.1) is 38.5 Å². The van der Waals surface area contributed by atoms with Crippen LogP contribution in [-0.2, 0) is 44.6 Å². The van der Waals surface area contributed by atoms with Crippen molar-refractivity contribution in [2.24, 2.45) is 0 Å². The summed E-state index contributed by atoms with van der Waals surface area (Å²) in [4.78, 5) is 49.1. The highest BCUT2D eigenvalue weighted by molar-refractivity contribution is 8.00. The Balaban J connectivity index is 0.909. The Bertz CT molecular complexity index is 1830. The molecule has 0 saturated carbocycles. The minimum Gasteiger partial charge on any atom is -0.394 e. The van der Waals surface area contributed by atoms with Gasteiger partial charge >= 0.3 is 6.03 Å². The number of carbonyl (C=O) groups excluding carboxylic acids is 4. The van der Waals surface area contributed by atoms with Crippen LogP contribution >= 0.6 is 11.8 Å². The van der Waals surface area contributed by atoms with E-state index in [-0.39, 0.29) is 49.6 Å². The second-order valence-electron chi connectivity index (χ2n) is 17.6. The first-order chi connectivity index (χ1) is 33.1. The van der Waals surface area contributed by atoms with Crippen molar-refractivity contribution in [2.45, 2.75) is 155 Å².